The lowest BCUT2D eigenvalue weighted by molar-refractivity contribution is -0.147. The zero-order valence-corrected chi connectivity index (χ0v) is 24.7. The fourth-order valence-electron chi connectivity index (χ4n) is 4.13. The molecule has 1 fully saturated rings. The van der Waals surface area contributed by atoms with Gasteiger partial charge in [0.15, 0.2) is 0 Å². The first-order valence-corrected chi connectivity index (χ1v) is 15.3. The van der Waals surface area contributed by atoms with Crippen LogP contribution in [0, 0.1) is 5.82 Å². The number of nitrogens with one attached hydrogen (secondary N) is 2. The molecule has 0 saturated carbocycles. The molecule has 7 N–H and O–H groups in total. The number of carboxylic acids is 3. The third kappa shape index (κ3) is 11.5. The van der Waals surface area contributed by atoms with Gasteiger partial charge in [0, 0.05) is 42.2 Å². The van der Waals surface area contributed by atoms with Crippen molar-refractivity contribution in [3.63, 3.8) is 0 Å². The predicted octanol–water partition coefficient (Wildman–Crippen LogP) is 0.384. The van der Waals surface area contributed by atoms with E-state index in [2.05, 4.69) is 10.6 Å². The van der Waals surface area contributed by atoms with Gasteiger partial charge in [-0.05, 0) is 24.5 Å². The number of hydrogen-bond donors (Lipinski definition) is 6. The molecule has 0 radical (unpaired) electrons. The second kappa shape index (κ2) is 17.4. The summed E-state index contributed by atoms with van der Waals surface area (Å²) in [5, 5.41) is 31.5. The SMILES string of the molecule is COC(=O)C(c1ccccc1F)N1CCC(SSCC(NC(=O)CCC(N)C(=O)O)C(=O)NCC(=O)O)C(=CC(=O)O)C1. The van der Waals surface area contributed by atoms with E-state index in [1.165, 1.54) is 36.1 Å². The van der Waals surface area contributed by atoms with Gasteiger partial charge in [-0.25, -0.2) is 14.0 Å². The summed E-state index contributed by atoms with van der Waals surface area (Å²) in [5.41, 5.74) is 5.91. The van der Waals surface area contributed by atoms with Gasteiger partial charge in [0.25, 0.3) is 0 Å². The van der Waals surface area contributed by atoms with Gasteiger partial charge >= 0.3 is 23.9 Å². The maximum absolute atomic E-state index is 14.6. The van der Waals surface area contributed by atoms with Gasteiger partial charge < -0.3 is 36.4 Å². The molecule has 14 nitrogen and oxygen atoms in total. The molecule has 1 aliphatic heterocycles. The van der Waals surface area contributed by atoms with Gasteiger partial charge in [-0.2, -0.15) is 0 Å². The zero-order chi connectivity index (χ0) is 32.1. The minimum absolute atomic E-state index is 0.00171. The normalized spacial score (nSPS) is 18.2. The summed E-state index contributed by atoms with van der Waals surface area (Å²) in [4.78, 5) is 72.7. The van der Waals surface area contributed by atoms with Crippen LogP contribution >= 0.6 is 21.6 Å². The number of amides is 2. The van der Waals surface area contributed by atoms with Crippen molar-refractivity contribution < 1.29 is 53.2 Å². The van der Waals surface area contributed by atoms with E-state index in [9.17, 15) is 38.3 Å². The molecule has 43 heavy (non-hydrogen) atoms. The molecule has 0 spiro atoms. The summed E-state index contributed by atoms with van der Waals surface area (Å²) in [6, 6.07) is 2.12. The van der Waals surface area contributed by atoms with Crippen LogP contribution in [-0.4, -0.2) is 106 Å². The Labute approximate surface area is 254 Å². The number of hydrogen-bond acceptors (Lipinski definition) is 11. The molecule has 1 aliphatic rings. The van der Waals surface area contributed by atoms with Crippen LogP contribution in [0.2, 0.25) is 0 Å². The topological polar surface area (TPSA) is 226 Å². The van der Waals surface area contributed by atoms with Gasteiger partial charge in [0.2, 0.25) is 11.8 Å². The van der Waals surface area contributed by atoms with Crippen molar-refractivity contribution in [2.24, 2.45) is 5.73 Å². The summed E-state index contributed by atoms with van der Waals surface area (Å²) in [6.07, 6.45) is 0.869. The molecule has 1 aromatic rings. The minimum atomic E-state index is -1.30. The second-order valence-corrected chi connectivity index (χ2v) is 12.0. The number of likely N-dealkylation sites (tertiary alicyclic amines) is 1. The number of aliphatic carboxylic acids is 3. The van der Waals surface area contributed by atoms with E-state index in [0.29, 0.717) is 12.0 Å². The highest BCUT2D eigenvalue weighted by Gasteiger charge is 2.36. The number of benzene rings is 1. The van der Waals surface area contributed by atoms with Crippen molar-refractivity contribution in [3.8, 4) is 0 Å². The lowest BCUT2D eigenvalue weighted by Gasteiger charge is -2.37. The standard InChI is InChI=1S/C26H33FN4O10S2/c1-41-26(40)23(15-4-2-3-5-16(15)27)31-9-8-19(14(12-31)10-21(33)34)43-42-13-18(24(37)29-11-22(35)36)30-20(32)7-6-17(28)25(38)39/h2-5,10,17-19,23H,6-9,11-13,28H2,1H3,(H,29,37)(H,30,32)(H,33,34)(H,35,36)(H,38,39). The minimum Gasteiger partial charge on any atom is -0.480 e. The van der Waals surface area contributed by atoms with Crippen LogP contribution in [0.4, 0.5) is 4.39 Å². The average Bonchev–Trinajstić information content (AvgIpc) is 2.95. The summed E-state index contributed by atoms with van der Waals surface area (Å²) in [6.45, 7) is -0.422. The molecule has 236 valence electrons. The van der Waals surface area contributed by atoms with E-state index >= 15 is 0 Å². The van der Waals surface area contributed by atoms with Crippen molar-refractivity contribution in [1.82, 2.24) is 15.5 Å². The largest absolute Gasteiger partial charge is 0.480 e. The van der Waals surface area contributed by atoms with Crippen molar-refractivity contribution in [1.29, 1.82) is 0 Å². The third-order valence-corrected chi connectivity index (χ3v) is 9.15. The van der Waals surface area contributed by atoms with E-state index < -0.39 is 71.4 Å². The molecular formula is C26H33FN4O10S2. The fourth-order valence-corrected chi connectivity index (χ4v) is 7.01. The fraction of sp³-hybridized carbons (Fsp3) is 0.462. The number of halogens is 1. The molecule has 1 aromatic carbocycles. The average molecular weight is 645 g/mol. The Kier molecular flexibility index (Phi) is 14.4. The van der Waals surface area contributed by atoms with Crippen LogP contribution in [0.15, 0.2) is 35.9 Å². The molecule has 2 rings (SSSR count). The number of methoxy groups -OCH3 is 1. The molecule has 4 unspecified atom stereocenters. The molecule has 1 saturated heterocycles. The van der Waals surface area contributed by atoms with Gasteiger partial charge in [-0.1, -0.05) is 39.8 Å². The lowest BCUT2D eigenvalue weighted by Crippen LogP contribution is -2.49. The Balaban J connectivity index is 2.13. The molecule has 1 heterocycles. The van der Waals surface area contributed by atoms with Gasteiger partial charge in [0.05, 0.1) is 7.11 Å². The van der Waals surface area contributed by atoms with Crippen LogP contribution in [-0.2, 0) is 33.5 Å². The summed E-state index contributed by atoms with van der Waals surface area (Å²) < 4.78 is 19.5. The Hall–Kier alpha value is -3.67. The number of ether oxygens (including phenoxy) is 1. The van der Waals surface area contributed by atoms with Crippen molar-refractivity contribution in [2.45, 2.75) is 42.6 Å². The molecule has 2 amide bonds. The smallest absolute Gasteiger partial charge is 0.328 e. The van der Waals surface area contributed by atoms with E-state index in [1.54, 1.807) is 11.0 Å². The van der Waals surface area contributed by atoms with Gasteiger partial charge in [0.1, 0.15) is 30.5 Å². The quantitative estimate of drug-likeness (QED) is 0.0813. The first-order valence-electron chi connectivity index (χ1n) is 12.9. The monoisotopic (exact) mass is 644 g/mol. The van der Waals surface area contributed by atoms with E-state index in [4.69, 9.17) is 20.7 Å². The predicted molar refractivity (Wildman–Crippen MR) is 154 cm³/mol. The Morgan fingerprint density at radius 1 is 1.19 bits per heavy atom. The zero-order valence-electron chi connectivity index (χ0n) is 23.1. The molecule has 0 aromatic heterocycles. The van der Waals surface area contributed by atoms with Gasteiger partial charge in [-0.15, -0.1) is 0 Å². The van der Waals surface area contributed by atoms with Crippen LogP contribution in [0.5, 0.6) is 0 Å². The molecular weight excluding hydrogens is 611 g/mol. The van der Waals surface area contributed by atoms with Crippen molar-refractivity contribution >= 4 is 57.3 Å². The number of nitrogens with two attached hydrogens (primary N) is 1. The highest BCUT2D eigenvalue weighted by atomic mass is 33.1. The first kappa shape index (κ1) is 35.5. The summed E-state index contributed by atoms with van der Waals surface area (Å²) in [7, 11) is 3.51. The molecule has 4 atom stereocenters. The van der Waals surface area contributed by atoms with Crippen LogP contribution in [0.3, 0.4) is 0 Å². The third-order valence-electron chi connectivity index (χ3n) is 6.26. The van der Waals surface area contributed by atoms with E-state index in [-0.39, 0.29) is 37.2 Å². The number of esters is 1. The van der Waals surface area contributed by atoms with E-state index in [0.717, 1.165) is 16.9 Å². The maximum atomic E-state index is 14.6. The summed E-state index contributed by atoms with van der Waals surface area (Å²) >= 11 is 0. The summed E-state index contributed by atoms with van der Waals surface area (Å²) in [5.74, 6) is -6.66. The molecule has 0 aliphatic carbocycles. The van der Waals surface area contributed by atoms with Crippen LogP contribution in [0.1, 0.15) is 30.9 Å². The molecule has 17 heteroatoms. The van der Waals surface area contributed by atoms with Gasteiger partial charge in [-0.3, -0.25) is 24.1 Å². The Bertz CT molecular complexity index is 1230. The first-order chi connectivity index (χ1) is 20.3. The van der Waals surface area contributed by atoms with Crippen LogP contribution in [0.25, 0.3) is 0 Å². The molecule has 0 bridgehead atoms. The van der Waals surface area contributed by atoms with E-state index in [1.807, 2.05) is 0 Å². The number of piperidine rings is 1. The maximum Gasteiger partial charge on any atom is 0.328 e. The Morgan fingerprint density at radius 2 is 1.88 bits per heavy atom. The lowest BCUT2D eigenvalue weighted by atomic mass is 9.98. The number of carboxylic acid groups (broad SMARTS) is 3. The second-order valence-electron chi connectivity index (χ2n) is 9.35. The van der Waals surface area contributed by atoms with Crippen LogP contribution < -0.4 is 16.4 Å². The highest BCUT2D eigenvalue weighted by molar-refractivity contribution is 8.77. The van der Waals surface area contributed by atoms with Crippen molar-refractivity contribution in [2.75, 3.05) is 32.5 Å². The Morgan fingerprint density at radius 3 is 2.49 bits per heavy atom. The number of carbonyl (C=O) groups is 6. The van der Waals surface area contributed by atoms with Crippen molar-refractivity contribution in [3.05, 3.63) is 47.3 Å². The number of carbonyl (C=O) groups excluding carboxylic acids is 3. The number of nitrogens with zero attached hydrogens (tertiary/aromatic N) is 1. The number of rotatable bonds is 16. The highest BCUT2D eigenvalue weighted by Crippen LogP contribution is 2.39.